The van der Waals surface area contributed by atoms with Crippen LogP contribution in [0.2, 0.25) is 0 Å². The Balaban J connectivity index is 1.41. The van der Waals surface area contributed by atoms with E-state index in [1.807, 2.05) is 37.3 Å². The van der Waals surface area contributed by atoms with Crippen LogP contribution in [0.1, 0.15) is 36.0 Å². The minimum atomic E-state index is -0.471. The van der Waals surface area contributed by atoms with Crippen LogP contribution in [0.5, 0.6) is 0 Å². The van der Waals surface area contributed by atoms with E-state index >= 15 is 0 Å². The molecule has 0 spiro atoms. The minimum Gasteiger partial charge on any atom is -0.389 e. The van der Waals surface area contributed by atoms with E-state index in [0.29, 0.717) is 25.7 Å². The van der Waals surface area contributed by atoms with E-state index < -0.39 is 6.10 Å². The van der Waals surface area contributed by atoms with Gasteiger partial charge in [0.1, 0.15) is 5.82 Å². The summed E-state index contributed by atoms with van der Waals surface area (Å²) < 4.78 is 5.63. The zero-order chi connectivity index (χ0) is 16.8. The molecule has 2 unspecified atom stereocenters. The Hall–Kier alpha value is -1.76. The molecule has 2 atom stereocenters. The predicted molar refractivity (Wildman–Crippen MR) is 91.6 cm³/mol. The number of benzene rings is 1. The van der Waals surface area contributed by atoms with Crippen molar-refractivity contribution in [1.82, 2.24) is 20.1 Å². The molecule has 2 aromatic rings. The molecular weight excluding hydrogens is 304 g/mol. The highest BCUT2D eigenvalue weighted by atomic mass is 16.5. The normalized spacial score (nSPS) is 20.2. The molecule has 1 saturated heterocycles. The van der Waals surface area contributed by atoms with Gasteiger partial charge in [-0.15, -0.1) is 0 Å². The van der Waals surface area contributed by atoms with Gasteiger partial charge >= 0.3 is 0 Å². The zero-order valence-corrected chi connectivity index (χ0v) is 14.2. The van der Waals surface area contributed by atoms with E-state index in [0.717, 1.165) is 43.1 Å². The van der Waals surface area contributed by atoms with Crippen LogP contribution in [0.3, 0.4) is 0 Å². The molecule has 3 rings (SSSR count). The molecule has 6 heteroatoms. The summed E-state index contributed by atoms with van der Waals surface area (Å²) in [5, 5.41) is 17.4. The van der Waals surface area contributed by atoms with Gasteiger partial charge in [0.15, 0.2) is 5.82 Å². The summed E-state index contributed by atoms with van der Waals surface area (Å²) in [6, 6.07) is 10.0. The number of aryl methyl sites for hydroxylation is 1. The van der Waals surface area contributed by atoms with Gasteiger partial charge in [0.25, 0.3) is 0 Å². The number of likely N-dealkylation sites (tertiary alicyclic amines) is 1. The molecule has 24 heavy (non-hydrogen) atoms. The van der Waals surface area contributed by atoms with Crippen LogP contribution < -0.4 is 0 Å². The highest BCUT2D eigenvalue weighted by Crippen LogP contribution is 2.24. The number of piperidine rings is 1. The zero-order valence-electron chi connectivity index (χ0n) is 14.2. The molecule has 1 aromatic heterocycles. The van der Waals surface area contributed by atoms with E-state index in [4.69, 9.17) is 4.74 Å². The van der Waals surface area contributed by atoms with Crippen molar-refractivity contribution < 1.29 is 9.84 Å². The Morgan fingerprint density at radius 2 is 2.21 bits per heavy atom. The molecule has 1 fully saturated rings. The third kappa shape index (κ3) is 4.87. The smallest absolute Gasteiger partial charge is 0.155 e. The summed E-state index contributed by atoms with van der Waals surface area (Å²) in [5.41, 5.74) is 1.13. The summed E-state index contributed by atoms with van der Waals surface area (Å²) in [5.74, 6) is 2.10. The molecule has 130 valence electrons. The largest absolute Gasteiger partial charge is 0.389 e. The first-order chi connectivity index (χ1) is 11.7. The number of rotatable bonds is 7. The molecule has 1 aliphatic heterocycles. The highest BCUT2D eigenvalue weighted by molar-refractivity contribution is 5.13. The summed E-state index contributed by atoms with van der Waals surface area (Å²) in [7, 11) is 0. The van der Waals surface area contributed by atoms with Gasteiger partial charge < -0.3 is 9.84 Å². The Kier molecular flexibility index (Phi) is 5.96. The first-order valence-electron chi connectivity index (χ1n) is 8.61. The fourth-order valence-electron chi connectivity index (χ4n) is 3.21. The molecular formula is C18H26N4O2. The van der Waals surface area contributed by atoms with Crippen LogP contribution in [0, 0.1) is 6.92 Å². The van der Waals surface area contributed by atoms with Gasteiger partial charge in [-0.2, -0.15) is 5.10 Å². The first-order valence-corrected chi connectivity index (χ1v) is 8.61. The molecule has 2 N–H and O–H groups in total. The molecule has 0 aliphatic carbocycles. The monoisotopic (exact) mass is 330 g/mol. The van der Waals surface area contributed by atoms with E-state index in [2.05, 4.69) is 20.1 Å². The standard InChI is InChI=1S/C18H26N4O2/c1-14-19-18(21-20-14)16-8-5-9-22(10-16)11-17(23)13-24-12-15-6-3-2-4-7-15/h2-4,6-7,16-17,23H,5,8-13H2,1H3,(H,19,20,21). The Bertz CT molecular complexity index is 616. The second-order valence-electron chi connectivity index (χ2n) is 6.53. The number of H-pyrrole nitrogens is 1. The van der Waals surface area contributed by atoms with Crippen molar-refractivity contribution in [3.05, 3.63) is 47.5 Å². The van der Waals surface area contributed by atoms with Crippen molar-refractivity contribution in [3.63, 3.8) is 0 Å². The average Bonchev–Trinajstić information content (AvgIpc) is 3.03. The lowest BCUT2D eigenvalue weighted by atomic mass is 9.97. The molecule has 0 radical (unpaired) electrons. The fourth-order valence-corrected chi connectivity index (χ4v) is 3.21. The van der Waals surface area contributed by atoms with Gasteiger partial charge in [-0.1, -0.05) is 30.3 Å². The fraction of sp³-hybridized carbons (Fsp3) is 0.556. The van der Waals surface area contributed by atoms with Crippen LogP contribution in [0.15, 0.2) is 30.3 Å². The van der Waals surface area contributed by atoms with Crippen molar-refractivity contribution in [1.29, 1.82) is 0 Å². The van der Waals surface area contributed by atoms with E-state index in [1.165, 1.54) is 0 Å². The van der Waals surface area contributed by atoms with Crippen molar-refractivity contribution in [2.24, 2.45) is 0 Å². The maximum absolute atomic E-state index is 10.2. The van der Waals surface area contributed by atoms with Crippen molar-refractivity contribution in [3.8, 4) is 0 Å². The number of ether oxygens (including phenoxy) is 1. The average molecular weight is 330 g/mol. The number of aromatic amines is 1. The van der Waals surface area contributed by atoms with Gasteiger partial charge in [-0.05, 0) is 31.9 Å². The summed E-state index contributed by atoms with van der Waals surface area (Å²) >= 11 is 0. The number of nitrogens with one attached hydrogen (secondary N) is 1. The van der Waals surface area contributed by atoms with Gasteiger partial charge in [-0.3, -0.25) is 10.00 Å². The minimum absolute atomic E-state index is 0.348. The highest BCUT2D eigenvalue weighted by Gasteiger charge is 2.25. The Morgan fingerprint density at radius 1 is 1.38 bits per heavy atom. The third-order valence-electron chi connectivity index (χ3n) is 4.38. The van der Waals surface area contributed by atoms with Crippen LogP contribution in [-0.4, -0.2) is 57.5 Å². The number of β-amino-alcohol motifs (C(OH)–C–C–N with tert-alkyl or cyclic N) is 1. The molecule has 1 aromatic carbocycles. The number of hydrogen-bond acceptors (Lipinski definition) is 5. The number of nitrogens with zero attached hydrogens (tertiary/aromatic N) is 3. The van der Waals surface area contributed by atoms with Crippen LogP contribution in [0.25, 0.3) is 0 Å². The van der Waals surface area contributed by atoms with Gasteiger partial charge in [0.2, 0.25) is 0 Å². The molecule has 0 saturated carbocycles. The quantitative estimate of drug-likeness (QED) is 0.811. The van der Waals surface area contributed by atoms with E-state index in [9.17, 15) is 5.11 Å². The Labute approximate surface area is 142 Å². The van der Waals surface area contributed by atoms with E-state index in [1.54, 1.807) is 0 Å². The molecule has 2 heterocycles. The Morgan fingerprint density at radius 3 is 2.96 bits per heavy atom. The maximum atomic E-state index is 10.2. The maximum Gasteiger partial charge on any atom is 0.155 e. The molecule has 0 amide bonds. The lowest BCUT2D eigenvalue weighted by Crippen LogP contribution is -2.41. The summed E-state index contributed by atoms with van der Waals surface area (Å²) in [4.78, 5) is 6.74. The number of aliphatic hydroxyl groups excluding tert-OH is 1. The summed E-state index contributed by atoms with van der Waals surface area (Å²) in [6.07, 6.45) is 1.74. The first kappa shape index (κ1) is 17.1. The molecule has 0 bridgehead atoms. The number of aromatic nitrogens is 3. The SMILES string of the molecule is Cc1nc(C2CCCN(CC(O)COCc3ccccc3)C2)n[nH]1. The second kappa shape index (κ2) is 8.37. The van der Waals surface area contributed by atoms with Gasteiger partial charge in [0, 0.05) is 19.0 Å². The van der Waals surface area contributed by atoms with Crippen molar-refractivity contribution in [2.45, 2.75) is 38.4 Å². The topological polar surface area (TPSA) is 74.3 Å². The van der Waals surface area contributed by atoms with Crippen LogP contribution >= 0.6 is 0 Å². The number of aliphatic hydroxyl groups is 1. The lowest BCUT2D eigenvalue weighted by Gasteiger charge is -2.32. The predicted octanol–water partition coefficient (Wildman–Crippen LogP) is 1.87. The lowest BCUT2D eigenvalue weighted by molar-refractivity contribution is 0.00551. The van der Waals surface area contributed by atoms with Gasteiger partial charge in [-0.25, -0.2) is 4.98 Å². The molecule has 1 aliphatic rings. The summed E-state index contributed by atoms with van der Waals surface area (Å²) in [6.45, 7) is 5.36. The van der Waals surface area contributed by atoms with Crippen LogP contribution in [-0.2, 0) is 11.3 Å². The van der Waals surface area contributed by atoms with Crippen molar-refractivity contribution >= 4 is 0 Å². The van der Waals surface area contributed by atoms with Gasteiger partial charge in [0.05, 0.1) is 19.3 Å². The van der Waals surface area contributed by atoms with Crippen LogP contribution in [0.4, 0.5) is 0 Å². The van der Waals surface area contributed by atoms with Crippen molar-refractivity contribution in [2.75, 3.05) is 26.2 Å². The van der Waals surface area contributed by atoms with E-state index in [-0.39, 0.29) is 0 Å². The second-order valence-corrected chi connectivity index (χ2v) is 6.53. The number of hydrogen-bond donors (Lipinski definition) is 2. The molecule has 6 nitrogen and oxygen atoms in total. The third-order valence-corrected chi connectivity index (χ3v) is 4.38.